The lowest BCUT2D eigenvalue weighted by Crippen LogP contribution is -2.13. The first-order chi connectivity index (χ1) is 17.4. The third kappa shape index (κ3) is 4.38. The first kappa shape index (κ1) is 23.1. The Morgan fingerprint density at radius 2 is 1.67 bits per heavy atom. The van der Waals surface area contributed by atoms with Gasteiger partial charge in [0.2, 0.25) is 0 Å². The number of hydrogen-bond acceptors (Lipinski definition) is 6. The average Bonchev–Trinajstić information content (AvgIpc) is 3.21. The highest BCUT2D eigenvalue weighted by molar-refractivity contribution is 7.24. The number of nitriles is 1. The Morgan fingerprint density at radius 1 is 0.944 bits per heavy atom. The molecule has 176 valence electrons. The molecule has 0 aliphatic rings. The molecule has 36 heavy (non-hydrogen) atoms. The Balaban J connectivity index is 1.76. The monoisotopic (exact) mass is 489 g/mol. The molecule has 2 aromatic heterocycles. The van der Waals surface area contributed by atoms with Gasteiger partial charge in [-0.05, 0) is 49.2 Å². The molecule has 5 rings (SSSR count). The highest BCUT2D eigenvalue weighted by Gasteiger charge is 2.26. The lowest BCUT2D eigenvalue weighted by molar-refractivity contribution is 0.102. The number of pyridine rings is 1. The van der Waals surface area contributed by atoms with Crippen LogP contribution in [0, 0.1) is 25.2 Å². The Labute approximate surface area is 213 Å². The molecule has 0 spiro atoms. The van der Waals surface area contributed by atoms with Crippen LogP contribution in [-0.2, 0) is 0 Å². The van der Waals surface area contributed by atoms with E-state index < -0.39 is 0 Å². The number of nitrogen functional groups attached to an aromatic ring is 1. The Morgan fingerprint density at radius 3 is 2.36 bits per heavy atom. The minimum absolute atomic E-state index is 0.0919. The van der Waals surface area contributed by atoms with E-state index in [0.29, 0.717) is 32.9 Å². The topological polar surface area (TPSA) is 104 Å². The van der Waals surface area contributed by atoms with Crippen molar-refractivity contribution in [3.8, 4) is 17.2 Å². The quantitative estimate of drug-likeness (QED) is 0.246. The van der Waals surface area contributed by atoms with Crippen molar-refractivity contribution in [1.82, 2.24) is 4.98 Å². The molecule has 0 fully saturated rings. The van der Waals surface area contributed by atoms with Crippen LogP contribution in [0.25, 0.3) is 21.3 Å². The second-order valence-corrected chi connectivity index (χ2v) is 9.54. The number of amides is 1. The lowest BCUT2D eigenvalue weighted by atomic mass is 9.99. The molecule has 0 saturated carbocycles. The zero-order valence-corrected chi connectivity index (χ0v) is 20.6. The normalized spacial score (nSPS) is 10.7. The van der Waals surface area contributed by atoms with Crippen LogP contribution in [0.1, 0.15) is 27.0 Å². The van der Waals surface area contributed by atoms with Crippen molar-refractivity contribution < 1.29 is 4.79 Å². The average molecular weight is 490 g/mol. The molecule has 5 aromatic rings. The number of nitrogens with one attached hydrogen (secondary N) is 2. The zero-order chi connectivity index (χ0) is 25.2. The number of anilines is 4. The number of nitrogens with two attached hydrogens (primary N) is 1. The van der Waals surface area contributed by atoms with E-state index in [1.807, 2.05) is 92.7 Å². The largest absolute Gasteiger partial charge is 0.383 e. The van der Waals surface area contributed by atoms with Gasteiger partial charge in [-0.1, -0.05) is 60.2 Å². The summed E-state index contributed by atoms with van der Waals surface area (Å²) in [6.07, 6.45) is 0. The van der Waals surface area contributed by atoms with Gasteiger partial charge < -0.3 is 16.4 Å². The number of rotatable bonds is 5. The van der Waals surface area contributed by atoms with Crippen molar-refractivity contribution in [2.75, 3.05) is 16.4 Å². The van der Waals surface area contributed by atoms with Gasteiger partial charge in [0, 0.05) is 16.9 Å². The molecule has 0 unspecified atom stereocenters. The Hall–Kier alpha value is -4.67. The molecular formula is C29H23N5OS. The molecule has 0 atom stereocenters. The zero-order valence-electron chi connectivity index (χ0n) is 19.8. The lowest BCUT2D eigenvalue weighted by Gasteiger charge is -2.10. The summed E-state index contributed by atoms with van der Waals surface area (Å²) in [6, 6.07) is 27.3. The number of nitrogens with zero attached hydrogens (tertiary/aromatic N) is 2. The third-order valence-corrected chi connectivity index (χ3v) is 6.95. The van der Waals surface area contributed by atoms with Crippen LogP contribution in [0.15, 0.2) is 78.9 Å². The number of hydrogen-bond donors (Lipinski definition) is 3. The molecule has 3 aromatic carbocycles. The maximum Gasteiger partial charge on any atom is 0.260 e. The highest BCUT2D eigenvalue weighted by atomic mass is 32.1. The first-order valence-corrected chi connectivity index (χ1v) is 12.2. The number of carbonyl (C=O) groups is 1. The van der Waals surface area contributed by atoms with Crippen molar-refractivity contribution in [2.24, 2.45) is 0 Å². The summed E-state index contributed by atoms with van der Waals surface area (Å²) in [4.78, 5) is 18.2. The fraction of sp³-hybridized carbons (Fsp3) is 0.0690. The van der Waals surface area contributed by atoms with Gasteiger partial charge in [0.25, 0.3) is 5.91 Å². The standard InChI is InChI=1S/C29H23N5OS/c1-17-11-13-19(14-12-17)23-22(16-30)27(31)34-25-24(28(35)32-20-8-4-3-5-9-20)29(36-26(23)25)33-21-10-6-7-18(2)15-21/h3-15,33H,1-2H3,(H2,31,34)(H,32,35). The predicted octanol–water partition coefficient (Wildman–Crippen LogP) is 7.03. The Kier molecular flexibility index (Phi) is 6.11. The van der Waals surface area contributed by atoms with E-state index in [0.717, 1.165) is 27.1 Å². The second kappa shape index (κ2) is 9.53. The summed E-state index contributed by atoms with van der Waals surface area (Å²) < 4.78 is 0.720. The number of benzene rings is 3. The van der Waals surface area contributed by atoms with Crippen molar-refractivity contribution >= 4 is 49.7 Å². The summed E-state index contributed by atoms with van der Waals surface area (Å²) in [5.74, 6) is -0.219. The fourth-order valence-corrected chi connectivity index (χ4v) is 5.32. The molecule has 0 aliphatic heterocycles. The predicted molar refractivity (Wildman–Crippen MR) is 148 cm³/mol. The number of fused-ring (bicyclic) bond motifs is 1. The van der Waals surface area contributed by atoms with Crippen LogP contribution < -0.4 is 16.4 Å². The van der Waals surface area contributed by atoms with Gasteiger partial charge in [0.15, 0.2) is 0 Å². The molecule has 0 aliphatic carbocycles. The van der Waals surface area contributed by atoms with Gasteiger partial charge >= 0.3 is 0 Å². The van der Waals surface area contributed by atoms with E-state index in [-0.39, 0.29) is 11.7 Å². The van der Waals surface area contributed by atoms with Gasteiger partial charge in [-0.2, -0.15) is 5.26 Å². The minimum atomic E-state index is -0.311. The summed E-state index contributed by atoms with van der Waals surface area (Å²) in [6.45, 7) is 4.02. The van der Waals surface area contributed by atoms with E-state index >= 15 is 0 Å². The molecule has 2 heterocycles. The molecule has 0 radical (unpaired) electrons. The van der Waals surface area contributed by atoms with Gasteiger partial charge in [0.05, 0.1) is 10.2 Å². The second-order valence-electron chi connectivity index (χ2n) is 8.52. The first-order valence-electron chi connectivity index (χ1n) is 11.4. The van der Waals surface area contributed by atoms with Crippen LogP contribution in [0.5, 0.6) is 0 Å². The summed E-state index contributed by atoms with van der Waals surface area (Å²) in [7, 11) is 0. The van der Waals surface area contributed by atoms with E-state index in [4.69, 9.17) is 5.73 Å². The maximum atomic E-state index is 13.6. The number of carbonyl (C=O) groups excluding carboxylic acids is 1. The molecule has 0 saturated heterocycles. The van der Waals surface area contributed by atoms with Crippen molar-refractivity contribution in [3.63, 3.8) is 0 Å². The maximum absolute atomic E-state index is 13.6. The minimum Gasteiger partial charge on any atom is -0.383 e. The van der Waals surface area contributed by atoms with E-state index in [2.05, 4.69) is 21.7 Å². The fourth-order valence-electron chi connectivity index (χ4n) is 4.09. The van der Waals surface area contributed by atoms with Gasteiger partial charge in [-0.25, -0.2) is 4.98 Å². The highest BCUT2D eigenvalue weighted by Crippen LogP contribution is 2.44. The molecule has 7 heteroatoms. The molecular weight excluding hydrogens is 466 g/mol. The van der Waals surface area contributed by atoms with Crippen LogP contribution in [0.4, 0.5) is 22.2 Å². The molecule has 0 bridgehead atoms. The SMILES string of the molecule is Cc1ccc(-c2c(C#N)c(N)nc3c(C(=O)Nc4ccccc4)c(Nc4cccc(C)c4)sc23)cc1. The van der Waals surface area contributed by atoms with Gasteiger partial charge in [-0.15, -0.1) is 11.3 Å². The molecule has 4 N–H and O–H groups in total. The number of aromatic nitrogens is 1. The van der Waals surface area contributed by atoms with Gasteiger partial charge in [0.1, 0.15) is 28.0 Å². The summed E-state index contributed by atoms with van der Waals surface area (Å²) in [5, 5.41) is 17.0. The summed E-state index contributed by atoms with van der Waals surface area (Å²) in [5.41, 5.74) is 12.6. The van der Waals surface area contributed by atoms with Crippen molar-refractivity contribution in [3.05, 3.63) is 101 Å². The van der Waals surface area contributed by atoms with Crippen LogP contribution >= 0.6 is 11.3 Å². The number of aryl methyl sites for hydroxylation is 2. The van der Waals surface area contributed by atoms with E-state index in [9.17, 15) is 10.1 Å². The summed E-state index contributed by atoms with van der Waals surface area (Å²) >= 11 is 1.39. The van der Waals surface area contributed by atoms with Crippen LogP contribution in [0.3, 0.4) is 0 Å². The molecule has 1 amide bonds. The van der Waals surface area contributed by atoms with Gasteiger partial charge in [-0.3, -0.25) is 4.79 Å². The van der Waals surface area contributed by atoms with Crippen molar-refractivity contribution in [2.45, 2.75) is 13.8 Å². The molecule has 6 nitrogen and oxygen atoms in total. The van der Waals surface area contributed by atoms with Crippen molar-refractivity contribution in [1.29, 1.82) is 5.26 Å². The van der Waals surface area contributed by atoms with Crippen LogP contribution in [0.2, 0.25) is 0 Å². The number of thiophene rings is 1. The van der Waals surface area contributed by atoms with Crippen LogP contribution in [-0.4, -0.2) is 10.9 Å². The third-order valence-electron chi connectivity index (χ3n) is 5.84. The number of para-hydroxylation sites is 1. The van der Waals surface area contributed by atoms with E-state index in [1.165, 1.54) is 11.3 Å². The Bertz CT molecular complexity index is 1630. The smallest absolute Gasteiger partial charge is 0.260 e. The van der Waals surface area contributed by atoms with E-state index in [1.54, 1.807) is 0 Å².